The molecule has 0 aliphatic carbocycles. The van der Waals surface area contributed by atoms with Crippen molar-refractivity contribution >= 4 is 5.91 Å². The lowest BCUT2D eigenvalue weighted by atomic mass is 10.0. The average molecular weight is 305 g/mol. The lowest BCUT2D eigenvalue weighted by Crippen LogP contribution is -2.37. The zero-order valence-electron chi connectivity index (χ0n) is 12.8. The molecule has 0 bridgehead atoms. The van der Waals surface area contributed by atoms with E-state index >= 15 is 0 Å². The standard InChI is InChI=1S/C16H20FN3O2/c1-9(2)13-8-14(20-19-13)16(22)18-10(3)15(21)11-4-6-12(17)7-5-11/h4-10,15,21H,1-3H3,(H,18,22)(H,19,20). The molecule has 3 N–H and O–H groups in total. The van der Waals surface area contributed by atoms with Crippen molar-refractivity contribution in [2.24, 2.45) is 0 Å². The van der Waals surface area contributed by atoms with Crippen LogP contribution in [-0.2, 0) is 0 Å². The third-order valence-electron chi connectivity index (χ3n) is 3.50. The Morgan fingerprint density at radius 2 is 1.91 bits per heavy atom. The van der Waals surface area contributed by atoms with E-state index in [1.807, 2.05) is 13.8 Å². The molecular formula is C16H20FN3O2. The van der Waals surface area contributed by atoms with Gasteiger partial charge in [-0.25, -0.2) is 4.39 Å². The first kappa shape index (κ1) is 16.2. The van der Waals surface area contributed by atoms with Gasteiger partial charge >= 0.3 is 0 Å². The monoisotopic (exact) mass is 305 g/mol. The summed E-state index contributed by atoms with van der Waals surface area (Å²) in [7, 11) is 0. The number of carbonyl (C=O) groups is 1. The van der Waals surface area contributed by atoms with Crippen LogP contribution in [0, 0.1) is 5.82 Å². The maximum absolute atomic E-state index is 12.9. The summed E-state index contributed by atoms with van der Waals surface area (Å²) in [6.07, 6.45) is -0.923. The Kier molecular flexibility index (Phi) is 4.92. The molecule has 0 radical (unpaired) electrons. The molecule has 1 aromatic carbocycles. The van der Waals surface area contributed by atoms with Crippen LogP contribution in [0.4, 0.5) is 4.39 Å². The Balaban J connectivity index is 2.02. The van der Waals surface area contributed by atoms with Crippen LogP contribution in [0.5, 0.6) is 0 Å². The third-order valence-corrected chi connectivity index (χ3v) is 3.50. The molecule has 2 rings (SSSR count). The molecule has 5 nitrogen and oxygen atoms in total. The third kappa shape index (κ3) is 3.71. The summed E-state index contributed by atoms with van der Waals surface area (Å²) in [5.74, 6) is -0.488. The van der Waals surface area contributed by atoms with Gasteiger partial charge in [-0.15, -0.1) is 0 Å². The molecule has 22 heavy (non-hydrogen) atoms. The predicted octanol–water partition coefficient (Wildman–Crippen LogP) is 2.52. The number of carbonyl (C=O) groups excluding carboxylic acids is 1. The molecule has 0 saturated heterocycles. The van der Waals surface area contributed by atoms with Crippen LogP contribution >= 0.6 is 0 Å². The molecule has 1 heterocycles. The number of aliphatic hydroxyl groups excluding tert-OH is 1. The lowest BCUT2D eigenvalue weighted by Gasteiger charge is -2.20. The fourth-order valence-electron chi connectivity index (χ4n) is 2.06. The Morgan fingerprint density at radius 3 is 2.45 bits per heavy atom. The van der Waals surface area contributed by atoms with Gasteiger partial charge in [0.1, 0.15) is 11.5 Å². The van der Waals surface area contributed by atoms with Gasteiger partial charge in [-0.2, -0.15) is 5.10 Å². The number of hydrogen-bond donors (Lipinski definition) is 3. The molecule has 0 aliphatic heterocycles. The van der Waals surface area contributed by atoms with E-state index < -0.39 is 12.1 Å². The number of H-pyrrole nitrogens is 1. The zero-order chi connectivity index (χ0) is 16.3. The highest BCUT2D eigenvalue weighted by molar-refractivity contribution is 5.92. The van der Waals surface area contributed by atoms with Crippen molar-refractivity contribution < 1.29 is 14.3 Å². The van der Waals surface area contributed by atoms with Crippen LogP contribution in [-0.4, -0.2) is 27.3 Å². The maximum Gasteiger partial charge on any atom is 0.272 e. The molecule has 0 saturated carbocycles. The van der Waals surface area contributed by atoms with Crippen molar-refractivity contribution in [3.8, 4) is 0 Å². The van der Waals surface area contributed by atoms with Gasteiger partial charge in [0.25, 0.3) is 5.91 Å². The van der Waals surface area contributed by atoms with Crippen molar-refractivity contribution in [2.75, 3.05) is 0 Å². The summed E-state index contributed by atoms with van der Waals surface area (Å²) >= 11 is 0. The highest BCUT2D eigenvalue weighted by atomic mass is 19.1. The zero-order valence-corrected chi connectivity index (χ0v) is 12.8. The highest BCUT2D eigenvalue weighted by Crippen LogP contribution is 2.18. The van der Waals surface area contributed by atoms with E-state index in [1.54, 1.807) is 13.0 Å². The van der Waals surface area contributed by atoms with Gasteiger partial charge in [-0.1, -0.05) is 26.0 Å². The van der Waals surface area contributed by atoms with E-state index in [1.165, 1.54) is 24.3 Å². The molecule has 0 fully saturated rings. The topological polar surface area (TPSA) is 78.0 Å². The molecular weight excluding hydrogens is 285 g/mol. The Morgan fingerprint density at radius 1 is 1.27 bits per heavy atom. The molecule has 118 valence electrons. The van der Waals surface area contributed by atoms with Crippen molar-refractivity contribution in [3.63, 3.8) is 0 Å². The van der Waals surface area contributed by atoms with E-state index in [0.717, 1.165) is 5.69 Å². The summed E-state index contributed by atoms with van der Waals surface area (Å²) in [5, 5.41) is 19.7. The minimum atomic E-state index is -0.923. The van der Waals surface area contributed by atoms with Gasteiger partial charge in [0.15, 0.2) is 0 Å². The lowest BCUT2D eigenvalue weighted by molar-refractivity contribution is 0.0847. The number of nitrogens with zero attached hydrogens (tertiary/aromatic N) is 1. The molecule has 1 aromatic heterocycles. The molecule has 0 aliphatic rings. The van der Waals surface area contributed by atoms with Crippen molar-refractivity contribution in [2.45, 2.75) is 38.8 Å². The SMILES string of the molecule is CC(C)c1cc(C(=O)NC(C)C(O)c2ccc(F)cc2)n[nH]1. The number of rotatable bonds is 5. The van der Waals surface area contributed by atoms with Crippen LogP contribution in [0.1, 0.15) is 54.5 Å². The minimum absolute atomic E-state index is 0.247. The van der Waals surface area contributed by atoms with Crippen molar-refractivity contribution in [1.82, 2.24) is 15.5 Å². The number of aromatic nitrogens is 2. The van der Waals surface area contributed by atoms with Gasteiger partial charge < -0.3 is 10.4 Å². The molecule has 2 unspecified atom stereocenters. The van der Waals surface area contributed by atoms with Crippen LogP contribution < -0.4 is 5.32 Å². The number of hydrogen-bond acceptors (Lipinski definition) is 3. The van der Waals surface area contributed by atoms with Gasteiger partial charge in [0.2, 0.25) is 0 Å². The quantitative estimate of drug-likeness (QED) is 0.794. The van der Waals surface area contributed by atoms with Gasteiger partial charge in [0.05, 0.1) is 12.1 Å². The second-order valence-corrected chi connectivity index (χ2v) is 5.62. The Labute approximate surface area is 128 Å². The minimum Gasteiger partial charge on any atom is -0.386 e. The molecule has 1 amide bonds. The largest absolute Gasteiger partial charge is 0.386 e. The second kappa shape index (κ2) is 6.70. The number of benzene rings is 1. The predicted molar refractivity (Wildman–Crippen MR) is 81.0 cm³/mol. The summed E-state index contributed by atoms with van der Waals surface area (Å²) in [4.78, 5) is 12.1. The van der Waals surface area contributed by atoms with Gasteiger partial charge in [0, 0.05) is 5.69 Å². The normalized spacial score (nSPS) is 13.9. The van der Waals surface area contributed by atoms with Crippen LogP contribution in [0.15, 0.2) is 30.3 Å². The van der Waals surface area contributed by atoms with E-state index in [0.29, 0.717) is 5.56 Å². The smallest absolute Gasteiger partial charge is 0.272 e. The van der Waals surface area contributed by atoms with Crippen LogP contribution in [0.2, 0.25) is 0 Å². The fourth-order valence-corrected chi connectivity index (χ4v) is 2.06. The number of amides is 1. The number of halogens is 1. The van der Waals surface area contributed by atoms with Crippen LogP contribution in [0.3, 0.4) is 0 Å². The Bertz CT molecular complexity index is 637. The van der Waals surface area contributed by atoms with E-state index in [9.17, 15) is 14.3 Å². The number of aliphatic hydroxyl groups is 1. The van der Waals surface area contributed by atoms with E-state index in [-0.39, 0.29) is 23.3 Å². The van der Waals surface area contributed by atoms with E-state index in [4.69, 9.17) is 0 Å². The van der Waals surface area contributed by atoms with Gasteiger partial charge in [-0.05, 0) is 36.6 Å². The number of aromatic amines is 1. The fraction of sp³-hybridized carbons (Fsp3) is 0.375. The van der Waals surface area contributed by atoms with E-state index in [2.05, 4.69) is 15.5 Å². The van der Waals surface area contributed by atoms with Crippen LogP contribution in [0.25, 0.3) is 0 Å². The summed E-state index contributed by atoms with van der Waals surface area (Å²) in [6.45, 7) is 5.67. The molecule has 6 heteroatoms. The first-order chi connectivity index (χ1) is 10.4. The summed E-state index contributed by atoms with van der Waals surface area (Å²) in [6, 6.07) is 6.70. The second-order valence-electron chi connectivity index (χ2n) is 5.62. The highest BCUT2D eigenvalue weighted by Gasteiger charge is 2.20. The Hall–Kier alpha value is -2.21. The van der Waals surface area contributed by atoms with Gasteiger partial charge in [-0.3, -0.25) is 9.89 Å². The first-order valence-corrected chi connectivity index (χ1v) is 7.18. The average Bonchev–Trinajstić information content (AvgIpc) is 2.97. The number of nitrogens with one attached hydrogen (secondary N) is 2. The summed E-state index contributed by atoms with van der Waals surface area (Å²) < 4.78 is 12.9. The summed E-state index contributed by atoms with van der Waals surface area (Å²) in [5.41, 5.74) is 1.69. The van der Waals surface area contributed by atoms with Crippen molar-refractivity contribution in [1.29, 1.82) is 0 Å². The maximum atomic E-state index is 12.9. The molecule has 2 atom stereocenters. The van der Waals surface area contributed by atoms with Crippen molar-refractivity contribution in [3.05, 3.63) is 53.1 Å². The first-order valence-electron chi connectivity index (χ1n) is 7.18. The molecule has 0 spiro atoms. The molecule has 2 aromatic rings.